The molecule has 384 valence electrons. The van der Waals surface area contributed by atoms with E-state index in [2.05, 4.69) is 51.7 Å². The van der Waals surface area contributed by atoms with Gasteiger partial charge in [-0.05, 0) is 173 Å². The Balaban J connectivity index is 0.000000153. The number of rotatable bonds is 10. The molecule has 6 aliphatic rings. The second-order valence-electron chi connectivity index (χ2n) is 21.1. The van der Waals surface area contributed by atoms with E-state index in [-0.39, 0.29) is 36.9 Å². The highest BCUT2D eigenvalue weighted by molar-refractivity contribution is 5.96. The van der Waals surface area contributed by atoms with Gasteiger partial charge in [-0.3, -0.25) is 19.3 Å². The molecule has 4 aromatic carbocycles. The fourth-order valence-electron chi connectivity index (χ4n) is 10.7. The predicted molar refractivity (Wildman–Crippen MR) is 267 cm³/mol. The van der Waals surface area contributed by atoms with Crippen LogP contribution in [-0.2, 0) is 42.8 Å². The van der Waals surface area contributed by atoms with E-state index in [9.17, 15) is 27.6 Å². The Morgan fingerprint density at radius 3 is 1.66 bits per heavy atom. The lowest BCUT2D eigenvalue weighted by molar-refractivity contribution is -0.156. The van der Waals surface area contributed by atoms with Gasteiger partial charge in [-0.25, -0.2) is 4.79 Å². The average molecular weight is 1000 g/mol. The van der Waals surface area contributed by atoms with Crippen molar-refractivity contribution in [2.24, 2.45) is 0 Å². The van der Waals surface area contributed by atoms with E-state index in [4.69, 9.17) is 28.5 Å². The Hall–Kier alpha value is -6.81. The number of nitrogens with zero attached hydrogens (tertiary/aromatic N) is 1. The molecule has 1 amide bonds. The Kier molecular flexibility index (Phi) is 13.6. The molecule has 2 saturated heterocycles. The van der Waals surface area contributed by atoms with Crippen LogP contribution in [0.2, 0.25) is 0 Å². The van der Waals surface area contributed by atoms with Crippen LogP contribution in [-0.4, -0.2) is 77.3 Å². The molecule has 0 bridgehead atoms. The molecular weight excluding hydrogens is 942 g/mol. The van der Waals surface area contributed by atoms with Crippen LogP contribution in [0.1, 0.15) is 131 Å². The van der Waals surface area contributed by atoms with Gasteiger partial charge >= 0.3 is 12.3 Å². The lowest BCUT2D eigenvalue weighted by atomic mass is 9.87. The first-order valence-corrected chi connectivity index (χ1v) is 25.4. The van der Waals surface area contributed by atoms with Crippen LogP contribution in [0, 0.1) is 0 Å². The molecule has 2 aliphatic carbocycles. The zero-order valence-corrected chi connectivity index (χ0v) is 41.4. The third-order valence-corrected chi connectivity index (χ3v) is 14.9. The summed E-state index contributed by atoms with van der Waals surface area (Å²) in [5.74, 6) is 3.52. The second kappa shape index (κ2) is 19.9. The lowest BCUT2D eigenvalue weighted by Gasteiger charge is -2.36. The number of fused-ring (bicyclic) bond motifs is 4. The van der Waals surface area contributed by atoms with Gasteiger partial charge in [0.25, 0.3) is 0 Å². The Morgan fingerprint density at radius 2 is 1.16 bits per heavy atom. The minimum Gasteiger partial charge on any atom is -0.454 e. The molecule has 13 nitrogen and oxygen atoms in total. The molecule has 2 aromatic heterocycles. The maximum absolute atomic E-state index is 13.5. The molecule has 2 atom stereocenters. The number of Topliss-reactive ketones (excluding diaryl/α,β-unsaturated/α-hetero) is 2. The maximum atomic E-state index is 13.5. The monoisotopic (exact) mass is 1000 g/mol. The fraction of sp³-hybridized carbons (Fsp3) is 0.439. The molecule has 0 radical (unpaired) electrons. The number of aromatic amines is 2. The number of hydrogen-bond acceptors (Lipinski definition) is 10. The minimum atomic E-state index is -4.64. The normalized spacial score (nSPS) is 20.1. The van der Waals surface area contributed by atoms with Crippen LogP contribution in [0.5, 0.6) is 23.0 Å². The molecule has 3 N–H and O–H groups in total. The van der Waals surface area contributed by atoms with Crippen LogP contribution in [0.4, 0.5) is 18.0 Å². The van der Waals surface area contributed by atoms with Crippen LogP contribution in [0.15, 0.2) is 84.9 Å². The Morgan fingerprint density at radius 1 is 0.658 bits per heavy atom. The number of alkyl halides is 3. The zero-order chi connectivity index (χ0) is 51.1. The number of ketones is 2. The summed E-state index contributed by atoms with van der Waals surface area (Å²) < 4.78 is 58.8. The van der Waals surface area contributed by atoms with Gasteiger partial charge in [0.2, 0.25) is 19.9 Å². The molecular formula is C57H61F3N4O9. The number of aromatic nitrogens is 2. The van der Waals surface area contributed by atoms with Crippen molar-refractivity contribution in [3.05, 3.63) is 119 Å². The smallest absolute Gasteiger partial charge is 0.446 e. The average Bonchev–Trinajstić information content (AvgIpc) is 4.09. The highest BCUT2D eigenvalue weighted by Gasteiger charge is 2.52. The number of H-pyrrole nitrogens is 2. The van der Waals surface area contributed by atoms with Gasteiger partial charge in [0, 0.05) is 53.2 Å². The number of likely N-dealkylation sites (tertiary alicyclic amines) is 1. The number of piperidine rings is 2. The second-order valence-corrected chi connectivity index (χ2v) is 21.1. The number of ether oxygens (including phenoxy) is 5. The summed E-state index contributed by atoms with van der Waals surface area (Å²) in [5.41, 5.74) is 7.29. The van der Waals surface area contributed by atoms with Crippen molar-refractivity contribution in [2.75, 3.05) is 26.7 Å². The molecule has 2 unspecified atom stereocenters. The van der Waals surface area contributed by atoms with Gasteiger partial charge in [-0.1, -0.05) is 30.7 Å². The molecule has 73 heavy (non-hydrogen) atoms. The van der Waals surface area contributed by atoms with E-state index in [0.717, 1.165) is 119 Å². The van der Waals surface area contributed by atoms with E-state index >= 15 is 0 Å². The van der Waals surface area contributed by atoms with Gasteiger partial charge in [-0.15, -0.1) is 0 Å². The maximum Gasteiger partial charge on any atom is 0.446 e. The number of hydrogen-bond donors (Lipinski definition) is 3. The summed E-state index contributed by atoms with van der Waals surface area (Å²) in [7, 11) is 0. The molecule has 12 rings (SSSR count). The Labute approximate surface area is 421 Å². The van der Waals surface area contributed by atoms with Crippen LogP contribution < -0.4 is 24.3 Å². The van der Waals surface area contributed by atoms with Gasteiger partial charge in [0.15, 0.2) is 23.0 Å². The van der Waals surface area contributed by atoms with Crippen molar-refractivity contribution < 1.29 is 56.0 Å². The minimum absolute atomic E-state index is 0.0400. The SMILES string of the molecule is CC(C)(C)OC(=O)N1CCCCC1c1cc2cc(CC(=O)C3(c4ccc5c(c4)OCO5)CC3)ccc2[nH]1.O=C(Cc1ccc2[nH]c(C3CCCCN3)cc2c1)C1(c2ccc3c(c2)OCO3)CC1.O=CC(F)(F)F. The third kappa shape index (κ3) is 10.9. The fourth-order valence-corrected chi connectivity index (χ4v) is 10.7. The lowest BCUT2D eigenvalue weighted by Crippen LogP contribution is -2.42. The zero-order valence-electron chi connectivity index (χ0n) is 41.4. The summed E-state index contributed by atoms with van der Waals surface area (Å²) >= 11 is 0. The van der Waals surface area contributed by atoms with E-state index in [1.54, 1.807) is 0 Å². The van der Waals surface area contributed by atoms with Crippen molar-refractivity contribution in [2.45, 2.75) is 133 Å². The number of benzene rings is 4. The van der Waals surface area contributed by atoms with Gasteiger partial charge in [0.05, 0.1) is 16.9 Å². The van der Waals surface area contributed by atoms with Crippen LogP contribution >= 0.6 is 0 Å². The van der Waals surface area contributed by atoms with Gasteiger partial charge < -0.3 is 39.0 Å². The first-order chi connectivity index (χ1) is 35.0. The van der Waals surface area contributed by atoms with Crippen molar-refractivity contribution in [1.29, 1.82) is 0 Å². The molecule has 4 aliphatic heterocycles. The van der Waals surface area contributed by atoms with Gasteiger partial charge in [-0.2, -0.15) is 13.2 Å². The highest BCUT2D eigenvalue weighted by Crippen LogP contribution is 2.53. The van der Waals surface area contributed by atoms with Gasteiger partial charge in [0.1, 0.15) is 17.2 Å². The predicted octanol–water partition coefficient (Wildman–Crippen LogP) is 11.5. The summed E-state index contributed by atoms with van der Waals surface area (Å²) in [6.07, 6.45) is 5.10. The largest absolute Gasteiger partial charge is 0.454 e. The van der Waals surface area contributed by atoms with Crippen molar-refractivity contribution >= 4 is 45.8 Å². The summed E-state index contributed by atoms with van der Waals surface area (Å²) in [6, 6.07) is 29.1. The first-order valence-electron chi connectivity index (χ1n) is 25.4. The molecule has 2 saturated carbocycles. The van der Waals surface area contributed by atoms with E-state index in [1.807, 2.05) is 74.2 Å². The number of amides is 1. The Bertz CT molecular complexity index is 3050. The number of carbonyl (C=O) groups is 4. The quantitative estimate of drug-likeness (QED) is 0.113. The molecule has 6 aromatic rings. The number of aldehydes is 1. The molecule has 4 fully saturated rings. The molecule has 0 spiro atoms. The van der Waals surface area contributed by atoms with Crippen molar-refractivity contribution in [1.82, 2.24) is 20.2 Å². The summed E-state index contributed by atoms with van der Waals surface area (Å²) in [4.78, 5) is 57.3. The van der Waals surface area contributed by atoms with E-state index in [0.29, 0.717) is 31.2 Å². The first kappa shape index (κ1) is 49.8. The molecule has 6 heterocycles. The standard InChI is InChI=1S/C30H34N2O5.C25H26N2O3.C2HF3O/c1-29(2,3)37-28(34)32-13-5-4-6-24(32)23-16-20-14-19(7-9-22(20)31-23)15-27(33)30(11-12-30)21-8-10-25-26(17-21)36-18-35-25;28-24(25(8-9-25)18-5-7-22-23(14-18)30-15-29-22)12-16-4-6-19-17(11-16)13-21(27-19)20-3-1-2-10-26-20;3-2(4,5)1-6/h7-10,14,16-17,24,31H,4-6,11-13,15,18H2,1-3H3;4-7,11,13-14,20,26-27H,1-3,8-10,12,15H2;1H. The van der Waals surface area contributed by atoms with Crippen molar-refractivity contribution in [3.63, 3.8) is 0 Å². The summed E-state index contributed by atoms with van der Waals surface area (Å²) in [6.45, 7) is 7.96. The van der Waals surface area contributed by atoms with Crippen LogP contribution in [0.25, 0.3) is 21.8 Å². The third-order valence-electron chi connectivity index (χ3n) is 14.9. The molecule has 16 heteroatoms. The highest BCUT2D eigenvalue weighted by atomic mass is 19.4. The topological polar surface area (TPSA) is 161 Å². The van der Waals surface area contributed by atoms with Crippen molar-refractivity contribution in [3.8, 4) is 23.0 Å². The number of halogens is 3. The number of nitrogens with one attached hydrogen (secondary N) is 3. The van der Waals surface area contributed by atoms with E-state index < -0.39 is 23.5 Å². The number of carbonyl (C=O) groups excluding carboxylic acids is 4. The van der Waals surface area contributed by atoms with E-state index in [1.165, 1.54) is 30.3 Å². The van der Waals surface area contributed by atoms with Crippen LogP contribution in [0.3, 0.4) is 0 Å². The summed E-state index contributed by atoms with van der Waals surface area (Å²) in [5, 5.41) is 5.85.